The summed E-state index contributed by atoms with van der Waals surface area (Å²) in [4.78, 5) is 22.5. The molecule has 0 bridgehead atoms. The Balaban J connectivity index is 2.00. The topological polar surface area (TPSA) is 55.4 Å². The normalized spacial score (nSPS) is 32.4. The Morgan fingerprint density at radius 3 is 2.75 bits per heavy atom. The van der Waals surface area contributed by atoms with Crippen LogP contribution in [0.1, 0.15) is 6.42 Å². The van der Waals surface area contributed by atoms with E-state index in [1.54, 1.807) is 12.2 Å². The molecule has 0 radical (unpaired) electrons. The van der Waals surface area contributed by atoms with Crippen LogP contribution in [0.4, 0.5) is 0 Å². The number of hydrogen-bond acceptors (Lipinski definition) is 3. The first-order valence-corrected chi connectivity index (χ1v) is 5.77. The van der Waals surface area contributed by atoms with Crippen molar-refractivity contribution in [3.8, 4) is 0 Å². The SMILES string of the molecule is O=C1C[C@H]2[C@H](NC(=O)C(Cl)(Cl)Cl)C=C[C@H]2O1. The Morgan fingerprint density at radius 1 is 1.44 bits per heavy atom. The van der Waals surface area contributed by atoms with E-state index in [1.165, 1.54) is 0 Å². The molecule has 0 aromatic rings. The van der Waals surface area contributed by atoms with E-state index in [9.17, 15) is 9.59 Å². The van der Waals surface area contributed by atoms with E-state index in [4.69, 9.17) is 39.5 Å². The molecule has 7 heteroatoms. The maximum atomic E-state index is 11.4. The van der Waals surface area contributed by atoms with Crippen molar-refractivity contribution in [3.63, 3.8) is 0 Å². The number of fused-ring (bicyclic) bond motifs is 1. The molecular formula is C9H8Cl3NO3. The molecule has 2 aliphatic rings. The molecule has 16 heavy (non-hydrogen) atoms. The van der Waals surface area contributed by atoms with Gasteiger partial charge in [0.15, 0.2) is 0 Å². The Hall–Kier alpha value is -0.450. The fraction of sp³-hybridized carbons (Fsp3) is 0.556. The van der Waals surface area contributed by atoms with Gasteiger partial charge in [0, 0.05) is 5.92 Å². The average molecular weight is 285 g/mol. The van der Waals surface area contributed by atoms with E-state index in [2.05, 4.69) is 5.32 Å². The van der Waals surface area contributed by atoms with Crippen LogP contribution in [-0.4, -0.2) is 27.8 Å². The van der Waals surface area contributed by atoms with Crippen LogP contribution in [0.15, 0.2) is 12.2 Å². The Kier molecular flexibility index (Phi) is 3.07. The van der Waals surface area contributed by atoms with Gasteiger partial charge in [0.05, 0.1) is 12.5 Å². The molecule has 2 rings (SSSR count). The summed E-state index contributed by atoms with van der Waals surface area (Å²) in [5.74, 6) is -1.07. The number of nitrogens with one attached hydrogen (secondary N) is 1. The maximum Gasteiger partial charge on any atom is 0.306 e. The lowest BCUT2D eigenvalue weighted by molar-refractivity contribution is -0.140. The summed E-state index contributed by atoms with van der Waals surface area (Å²) in [6.45, 7) is 0. The van der Waals surface area contributed by atoms with E-state index < -0.39 is 9.70 Å². The third-order valence-corrected chi connectivity index (χ3v) is 3.13. The summed E-state index contributed by atoms with van der Waals surface area (Å²) >= 11 is 16.3. The highest BCUT2D eigenvalue weighted by atomic mass is 35.6. The van der Waals surface area contributed by atoms with Gasteiger partial charge in [0.2, 0.25) is 0 Å². The largest absolute Gasteiger partial charge is 0.458 e. The number of carbonyl (C=O) groups is 2. The van der Waals surface area contributed by atoms with Crippen molar-refractivity contribution < 1.29 is 14.3 Å². The number of alkyl halides is 3. The quantitative estimate of drug-likeness (QED) is 0.449. The molecule has 1 aliphatic heterocycles. The maximum absolute atomic E-state index is 11.4. The highest BCUT2D eigenvalue weighted by Crippen LogP contribution is 2.33. The van der Waals surface area contributed by atoms with Crippen molar-refractivity contribution >= 4 is 46.7 Å². The highest BCUT2D eigenvalue weighted by Gasteiger charge is 2.43. The van der Waals surface area contributed by atoms with Crippen LogP contribution < -0.4 is 5.32 Å². The van der Waals surface area contributed by atoms with Gasteiger partial charge in [-0.25, -0.2) is 0 Å². The molecule has 1 amide bonds. The predicted molar refractivity (Wildman–Crippen MR) is 59.3 cm³/mol. The Labute approximate surface area is 107 Å². The zero-order chi connectivity index (χ0) is 11.9. The molecule has 3 atom stereocenters. The van der Waals surface area contributed by atoms with E-state index in [0.29, 0.717) is 0 Å². The van der Waals surface area contributed by atoms with Crippen LogP contribution in [0.3, 0.4) is 0 Å². The molecule has 0 saturated carbocycles. The molecule has 0 spiro atoms. The van der Waals surface area contributed by atoms with Crippen LogP contribution in [0, 0.1) is 5.92 Å². The van der Waals surface area contributed by atoms with Crippen molar-refractivity contribution in [2.24, 2.45) is 5.92 Å². The lowest BCUT2D eigenvalue weighted by Gasteiger charge is -2.20. The van der Waals surface area contributed by atoms with Crippen LogP contribution >= 0.6 is 34.8 Å². The monoisotopic (exact) mass is 283 g/mol. The van der Waals surface area contributed by atoms with E-state index in [-0.39, 0.29) is 30.5 Å². The van der Waals surface area contributed by atoms with Gasteiger partial charge >= 0.3 is 5.97 Å². The van der Waals surface area contributed by atoms with E-state index in [0.717, 1.165) is 0 Å². The van der Waals surface area contributed by atoms with Crippen LogP contribution in [0.2, 0.25) is 0 Å². The lowest BCUT2D eigenvalue weighted by Crippen LogP contribution is -2.44. The number of esters is 1. The zero-order valence-corrected chi connectivity index (χ0v) is 10.2. The van der Waals surface area contributed by atoms with Crippen molar-refractivity contribution in [2.75, 3.05) is 0 Å². The zero-order valence-electron chi connectivity index (χ0n) is 7.95. The summed E-state index contributed by atoms with van der Waals surface area (Å²) in [7, 11) is 0. The second-order valence-electron chi connectivity index (χ2n) is 3.70. The van der Waals surface area contributed by atoms with Crippen LogP contribution in [-0.2, 0) is 14.3 Å². The first-order chi connectivity index (χ1) is 7.38. The fourth-order valence-corrected chi connectivity index (χ4v) is 2.03. The van der Waals surface area contributed by atoms with Crippen molar-refractivity contribution in [3.05, 3.63) is 12.2 Å². The standard InChI is InChI=1S/C9H8Cl3NO3/c10-9(11,12)8(15)13-5-1-2-6-4(5)3-7(14)16-6/h1-2,4-6H,3H2,(H,13,15)/t4-,5+,6+/m0/s1. The smallest absolute Gasteiger partial charge is 0.306 e. The second kappa shape index (κ2) is 4.09. The summed E-state index contributed by atoms with van der Waals surface area (Å²) in [6.07, 6.45) is 3.48. The summed E-state index contributed by atoms with van der Waals surface area (Å²) < 4.78 is 3.02. The van der Waals surface area contributed by atoms with E-state index >= 15 is 0 Å². The number of halogens is 3. The number of amides is 1. The minimum Gasteiger partial charge on any atom is -0.458 e. The Bertz CT molecular complexity index is 364. The predicted octanol–water partition coefficient (Wildman–Crippen LogP) is 1.34. The highest BCUT2D eigenvalue weighted by molar-refractivity contribution is 6.76. The molecule has 0 unspecified atom stereocenters. The molecule has 1 fully saturated rings. The molecule has 1 heterocycles. The molecule has 1 saturated heterocycles. The molecular weight excluding hydrogens is 276 g/mol. The molecule has 88 valence electrons. The van der Waals surface area contributed by atoms with Gasteiger partial charge in [-0.15, -0.1) is 0 Å². The molecule has 4 nitrogen and oxygen atoms in total. The molecule has 1 N–H and O–H groups in total. The lowest BCUT2D eigenvalue weighted by atomic mass is 9.99. The minimum absolute atomic E-state index is 0.0937. The average Bonchev–Trinajstić information content (AvgIpc) is 2.65. The minimum atomic E-state index is -1.99. The van der Waals surface area contributed by atoms with Gasteiger partial charge in [-0.1, -0.05) is 40.9 Å². The Morgan fingerprint density at radius 2 is 2.12 bits per heavy atom. The first kappa shape index (κ1) is 12.0. The number of hydrogen-bond donors (Lipinski definition) is 1. The summed E-state index contributed by atoms with van der Waals surface area (Å²) in [5, 5.41) is 2.56. The van der Waals surface area contributed by atoms with Gasteiger partial charge in [-0.05, 0) is 6.08 Å². The van der Waals surface area contributed by atoms with Gasteiger partial charge < -0.3 is 10.1 Å². The van der Waals surface area contributed by atoms with Gasteiger partial charge in [0.1, 0.15) is 6.10 Å². The summed E-state index contributed by atoms with van der Waals surface area (Å²) in [5.41, 5.74) is 0. The summed E-state index contributed by atoms with van der Waals surface area (Å²) in [6, 6.07) is -0.320. The molecule has 0 aromatic carbocycles. The molecule has 0 aromatic heterocycles. The van der Waals surface area contributed by atoms with Crippen LogP contribution in [0.25, 0.3) is 0 Å². The number of ether oxygens (including phenoxy) is 1. The fourth-order valence-electron chi connectivity index (χ4n) is 1.87. The number of rotatable bonds is 1. The third-order valence-electron chi connectivity index (χ3n) is 2.62. The van der Waals surface area contributed by atoms with Crippen LogP contribution in [0.5, 0.6) is 0 Å². The van der Waals surface area contributed by atoms with Gasteiger partial charge in [0.25, 0.3) is 9.70 Å². The van der Waals surface area contributed by atoms with E-state index in [1.807, 2.05) is 0 Å². The first-order valence-electron chi connectivity index (χ1n) is 4.63. The van der Waals surface area contributed by atoms with Gasteiger partial charge in [-0.2, -0.15) is 0 Å². The van der Waals surface area contributed by atoms with Crippen molar-refractivity contribution in [2.45, 2.75) is 22.4 Å². The third kappa shape index (κ3) is 2.29. The van der Waals surface area contributed by atoms with Crippen molar-refractivity contribution in [1.29, 1.82) is 0 Å². The van der Waals surface area contributed by atoms with Gasteiger partial charge in [-0.3, -0.25) is 9.59 Å². The second-order valence-corrected chi connectivity index (χ2v) is 5.99. The number of carbonyl (C=O) groups excluding carboxylic acids is 2. The van der Waals surface area contributed by atoms with Crippen molar-refractivity contribution in [1.82, 2.24) is 5.32 Å². The molecule has 1 aliphatic carbocycles.